The van der Waals surface area contributed by atoms with Gasteiger partial charge in [0, 0.05) is 17.2 Å². The fraction of sp³-hybridized carbons (Fsp3) is 0.0385. The van der Waals surface area contributed by atoms with Crippen LogP contribution in [0.3, 0.4) is 0 Å². The van der Waals surface area contributed by atoms with Gasteiger partial charge < -0.3 is 14.2 Å². The summed E-state index contributed by atoms with van der Waals surface area (Å²) in [6, 6.07) is 23.3. The lowest BCUT2D eigenvalue weighted by molar-refractivity contribution is -0.130. The van der Waals surface area contributed by atoms with Crippen LogP contribution in [0.15, 0.2) is 95.6 Å². The molecular formula is C26H19NO5. The van der Waals surface area contributed by atoms with Gasteiger partial charge in [0.15, 0.2) is 5.70 Å². The van der Waals surface area contributed by atoms with Crippen LogP contribution in [0.5, 0.6) is 11.5 Å². The number of esters is 2. The Morgan fingerprint density at radius 3 is 2.41 bits per heavy atom. The van der Waals surface area contributed by atoms with Crippen LogP contribution < -0.4 is 9.47 Å². The van der Waals surface area contributed by atoms with Gasteiger partial charge in [-0.15, -0.1) is 0 Å². The zero-order chi connectivity index (χ0) is 22.3. The molecule has 0 unspecified atom stereocenters. The summed E-state index contributed by atoms with van der Waals surface area (Å²) in [6.07, 6.45) is 4.55. The highest BCUT2D eigenvalue weighted by Crippen LogP contribution is 2.25. The molecule has 0 radical (unpaired) electrons. The van der Waals surface area contributed by atoms with Crippen LogP contribution >= 0.6 is 0 Å². The second kappa shape index (κ2) is 9.57. The first-order chi connectivity index (χ1) is 15.6. The third-order valence-electron chi connectivity index (χ3n) is 4.59. The van der Waals surface area contributed by atoms with Gasteiger partial charge in [-0.3, -0.25) is 0 Å². The molecule has 3 aromatic rings. The maximum Gasteiger partial charge on any atom is 0.363 e. The molecule has 158 valence electrons. The number of aliphatic imine (C=N–C) groups is 1. The summed E-state index contributed by atoms with van der Waals surface area (Å²) < 4.78 is 15.9. The largest absolute Gasteiger partial charge is 0.497 e. The Hall–Kier alpha value is -4.45. The van der Waals surface area contributed by atoms with Crippen LogP contribution in [0, 0.1) is 0 Å². The van der Waals surface area contributed by atoms with Gasteiger partial charge in [0.1, 0.15) is 11.5 Å². The van der Waals surface area contributed by atoms with E-state index in [1.807, 2.05) is 30.3 Å². The Morgan fingerprint density at radius 1 is 0.938 bits per heavy atom. The zero-order valence-electron chi connectivity index (χ0n) is 17.2. The maximum absolute atomic E-state index is 12.3. The van der Waals surface area contributed by atoms with E-state index >= 15 is 0 Å². The number of carbonyl (C=O) groups excluding carboxylic acids is 2. The van der Waals surface area contributed by atoms with E-state index in [4.69, 9.17) is 14.2 Å². The van der Waals surface area contributed by atoms with Gasteiger partial charge in [-0.05, 0) is 48.0 Å². The van der Waals surface area contributed by atoms with Crippen LogP contribution in [0.2, 0.25) is 0 Å². The Labute approximate surface area is 185 Å². The van der Waals surface area contributed by atoms with Crippen molar-refractivity contribution < 1.29 is 23.8 Å². The van der Waals surface area contributed by atoms with Crippen LogP contribution in [0.1, 0.15) is 16.7 Å². The van der Waals surface area contributed by atoms with Crippen molar-refractivity contribution in [3.8, 4) is 11.5 Å². The normalized spacial score (nSPS) is 14.3. The van der Waals surface area contributed by atoms with Crippen molar-refractivity contribution in [2.24, 2.45) is 4.99 Å². The van der Waals surface area contributed by atoms with E-state index in [9.17, 15) is 9.59 Å². The highest BCUT2D eigenvalue weighted by molar-refractivity contribution is 6.13. The highest BCUT2D eigenvalue weighted by atomic mass is 16.6. The third kappa shape index (κ3) is 4.99. The molecule has 0 saturated carbocycles. The lowest BCUT2D eigenvalue weighted by Gasteiger charge is -2.05. The summed E-state index contributed by atoms with van der Waals surface area (Å²) >= 11 is 0. The number of nitrogens with zero attached hydrogens (tertiary/aromatic N) is 1. The molecule has 3 aromatic carbocycles. The fourth-order valence-corrected chi connectivity index (χ4v) is 2.98. The molecule has 1 aliphatic rings. The minimum atomic E-state index is -0.582. The van der Waals surface area contributed by atoms with E-state index in [1.165, 1.54) is 12.2 Å². The predicted octanol–water partition coefficient (Wildman–Crippen LogP) is 4.66. The van der Waals surface area contributed by atoms with E-state index in [2.05, 4.69) is 4.99 Å². The maximum atomic E-state index is 12.3. The number of cyclic esters (lactones) is 1. The van der Waals surface area contributed by atoms with Crippen molar-refractivity contribution in [3.63, 3.8) is 0 Å². The molecule has 1 heterocycles. The van der Waals surface area contributed by atoms with Gasteiger partial charge >= 0.3 is 11.9 Å². The Bertz CT molecular complexity index is 1220. The van der Waals surface area contributed by atoms with Gasteiger partial charge in [0.2, 0.25) is 5.90 Å². The molecule has 1 aliphatic heterocycles. The molecule has 6 heteroatoms. The van der Waals surface area contributed by atoms with Crippen LogP contribution in [0.25, 0.3) is 12.2 Å². The number of hydrogen-bond donors (Lipinski definition) is 0. The molecule has 0 amide bonds. The Kier molecular flexibility index (Phi) is 6.22. The van der Waals surface area contributed by atoms with E-state index < -0.39 is 11.9 Å². The molecule has 0 saturated heterocycles. The van der Waals surface area contributed by atoms with Gasteiger partial charge in [-0.25, -0.2) is 14.6 Å². The lowest BCUT2D eigenvalue weighted by Crippen LogP contribution is -2.06. The van der Waals surface area contributed by atoms with E-state index in [1.54, 1.807) is 61.7 Å². The van der Waals surface area contributed by atoms with Crippen molar-refractivity contribution >= 4 is 30.0 Å². The van der Waals surface area contributed by atoms with Crippen LogP contribution in [-0.4, -0.2) is 24.9 Å². The second-order valence-electron chi connectivity index (χ2n) is 6.77. The third-order valence-corrected chi connectivity index (χ3v) is 4.59. The number of ether oxygens (including phenoxy) is 3. The van der Waals surface area contributed by atoms with Gasteiger partial charge in [-0.2, -0.15) is 0 Å². The van der Waals surface area contributed by atoms with Crippen LogP contribution in [0.4, 0.5) is 0 Å². The molecule has 0 atom stereocenters. The standard InChI is InChI=1S/C26H19NO5/c1-30-21-14-12-19(13-15-21)25-27-22(26(29)32-25)17-20-9-5-6-10-23(20)31-24(28)16-11-18-7-3-2-4-8-18/h2-17H,1H3/b16-11+,22-17+. The smallest absolute Gasteiger partial charge is 0.363 e. The van der Waals surface area contributed by atoms with E-state index in [-0.39, 0.29) is 11.6 Å². The fourth-order valence-electron chi connectivity index (χ4n) is 2.98. The lowest BCUT2D eigenvalue weighted by atomic mass is 10.1. The van der Waals surface area contributed by atoms with Crippen molar-refractivity contribution in [3.05, 3.63) is 107 Å². The van der Waals surface area contributed by atoms with Gasteiger partial charge in [-0.1, -0.05) is 48.5 Å². The van der Waals surface area contributed by atoms with Crippen molar-refractivity contribution in [2.45, 2.75) is 0 Å². The number of carbonyl (C=O) groups is 2. The summed E-state index contributed by atoms with van der Waals surface area (Å²) in [5.74, 6) is 0.0799. The number of para-hydroxylation sites is 1. The van der Waals surface area contributed by atoms with E-state index in [0.29, 0.717) is 22.6 Å². The number of hydrogen-bond acceptors (Lipinski definition) is 6. The monoisotopic (exact) mass is 425 g/mol. The summed E-state index contributed by atoms with van der Waals surface area (Å²) in [5.41, 5.74) is 2.17. The summed E-state index contributed by atoms with van der Waals surface area (Å²) in [7, 11) is 1.57. The molecule has 4 rings (SSSR count). The summed E-state index contributed by atoms with van der Waals surface area (Å²) in [4.78, 5) is 28.9. The van der Waals surface area contributed by atoms with Crippen molar-refractivity contribution in [2.75, 3.05) is 7.11 Å². The summed E-state index contributed by atoms with van der Waals surface area (Å²) in [6.45, 7) is 0. The highest BCUT2D eigenvalue weighted by Gasteiger charge is 2.24. The molecule has 0 N–H and O–H groups in total. The first kappa shape index (κ1) is 20.8. The average Bonchev–Trinajstić information content (AvgIpc) is 3.20. The van der Waals surface area contributed by atoms with Gasteiger partial charge in [0.05, 0.1) is 7.11 Å². The predicted molar refractivity (Wildman–Crippen MR) is 121 cm³/mol. The SMILES string of the molecule is COc1ccc(C2=N/C(=C/c3ccccc3OC(=O)/C=C/c3ccccc3)C(=O)O2)cc1. The molecule has 0 bridgehead atoms. The zero-order valence-corrected chi connectivity index (χ0v) is 17.2. The summed E-state index contributed by atoms with van der Waals surface area (Å²) in [5, 5.41) is 0. The molecule has 0 aromatic heterocycles. The van der Waals surface area contributed by atoms with Crippen molar-refractivity contribution in [1.82, 2.24) is 0 Å². The molecule has 6 nitrogen and oxygen atoms in total. The van der Waals surface area contributed by atoms with E-state index in [0.717, 1.165) is 5.56 Å². The molecule has 32 heavy (non-hydrogen) atoms. The Morgan fingerprint density at radius 2 is 1.66 bits per heavy atom. The first-order valence-corrected chi connectivity index (χ1v) is 9.83. The van der Waals surface area contributed by atoms with Crippen LogP contribution in [-0.2, 0) is 14.3 Å². The quantitative estimate of drug-likeness (QED) is 0.326. The second-order valence-corrected chi connectivity index (χ2v) is 6.77. The topological polar surface area (TPSA) is 74.2 Å². The minimum Gasteiger partial charge on any atom is -0.497 e. The molecule has 0 aliphatic carbocycles. The first-order valence-electron chi connectivity index (χ1n) is 9.83. The molecule has 0 fully saturated rings. The number of rotatable bonds is 6. The van der Waals surface area contributed by atoms with Crippen molar-refractivity contribution in [1.29, 1.82) is 0 Å². The minimum absolute atomic E-state index is 0.110. The van der Waals surface area contributed by atoms with Gasteiger partial charge in [0.25, 0.3) is 0 Å². The average molecular weight is 425 g/mol. The Balaban J connectivity index is 1.54. The number of methoxy groups -OCH3 is 1. The molecular weight excluding hydrogens is 406 g/mol. The molecule has 0 spiro atoms. The number of benzene rings is 3.